The van der Waals surface area contributed by atoms with Crippen LogP contribution in [0.4, 0.5) is 0 Å². The van der Waals surface area contributed by atoms with Gasteiger partial charge in [0.1, 0.15) is 0 Å². The monoisotopic (exact) mass is 256 g/mol. The number of hydrogen-bond donors (Lipinski definition) is 0. The highest BCUT2D eigenvalue weighted by Gasteiger charge is 2.21. The molecule has 0 aromatic carbocycles. The van der Waals surface area contributed by atoms with Crippen molar-refractivity contribution in [2.75, 3.05) is 20.6 Å². The molecule has 1 aliphatic rings. The first-order valence-electron chi connectivity index (χ1n) is 6.27. The van der Waals surface area contributed by atoms with Crippen molar-refractivity contribution < 1.29 is 4.21 Å². The Balaban J connectivity index is 2.73. The molecule has 0 saturated carbocycles. The van der Waals surface area contributed by atoms with Gasteiger partial charge in [-0.2, -0.15) is 0 Å². The second-order valence-corrected chi connectivity index (χ2v) is 6.30. The standard InChI is InChI=1S/C13H24N2OS/c1-5-12(2)15(17(16)14(3)4)11-13-9-7-6-8-10-13/h7,9-10,12H,5-6,8,11H2,1-4H3/t12-,17?/m1/s1. The SMILES string of the molecule is CC[C@@H](C)N(CC1=CCCC=C1)S(=O)N(C)C. The van der Waals surface area contributed by atoms with Crippen LogP contribution in [0.5, 0.6) is 0 Å². The molecule has 0 fully saturated rings. The third-order valence-corrected chi connectivity index (χ3v) is 4.52. The van der Waals surface area contributed by atoms with Gasteiger partial charge in [-0.05, 0) is 31.8 Å². The molecule has 98 valence electrons. The van der Waals surface area contributed by atoms with Gasteiger partial charge in [0.05, 0.1) is 0 Å². The minimum absolute atomic E-state index is 0.328. The average Bonchev–Trinajstić information content (AvgIpc) is 2.35. The summed E-state index contributed by atoms with van der Waals surface area (Å²) in [6, 6.07) is 0.328. The highest BCUT2D eigenvalue weighted by atomic mass is 32.2. The molecule has 0 N–H and O–H groups in total. The van der Waals surface area contributed by atoms with Crippen LogP contribution in [0.2, 0.25) is 0 Å². The molecule has 1 unspecified atom stereocenters. The van der Waals surface area contributed by atoms with E-state index in [0.29, 0.717) is 6.04 Å². The van der Waals surface area contributed by atoms with E-state index in [1.807, 2.05) is 14.1 Å². The van der Waals surface area contributed by atoms with E-state index >= 15 is 0 Å². The minimum atomic E-state index is -1.05. The number of nitrogens with zero attached hydrogens (tertiary/aromatic N) is 2. The Morgan fingerprint density at radius 3 is 2.59 bits per heavy atom. The van der Waals surface area contributed by atoms with Gasteiger partial charge < -0.3 is 0 Å². The molecule has 0 radical (unpaired) electrons. The zero-order valence-electron chi connectivity index (χ0n) is 11.3. The third-order valence-electron chi connectivity index (χ3n) is 3.01. The Kier molecular flexibility index (Phi) is 6.09. The van der Waals surface area contributed by atoms with Crippen LogP contribution in [-0.2, 0) is 11.2 Å². The summed E-state index contributed by atoms with van der Waals surface area (Å²) in [7, 11) is 3.72. The summed E-state index contributed by atoms with van der Waals surface area (Å²) in [6.45, 7) is 5.04. The minimum Gasteiger partial charge on any atom is -0.225 e. The molecule has 0 spiro atoms. The summed E-state index contributed by atoms with van der Waals surface area (Å²) < 4.78 is 16.0. The molecule has 0 heterocycles. The fraction of sp³-hybridized carbons (Fsp3) is 0.692. The predicted octanol–water partition coefficient (Wildman–Crippen LogP) is 2.50. The van der Waals surface area contributed by atoms with Gasteiger partial charge in [0, 0.05) is 26.7 Å². The molecule has 0 aliphatic heterocycles. The topological polar surface area (TPSA) is 23.6 Å². The van der Waals surface area contributed by atoms with Gasteiger partial charge >= 0.3 is 0 Å². The Bertz CT molecular complexity index is 323. The first-order valence-corrected chi connectivity index (χ1v) is 7.34. The van der Waals surface area contributed by atoms with Gasteiger partial charge in [-0.25, -0.2) is 12.8 Å². The van der Waals surface area contributed by atoms with Crippen LogP contribution < -0.4 is 0 Å². The van der Waals surface area contributed by atoms with E-state index in [9.17, 15) is 4.21 Å². The van der Waals surface area contributed by atoms with E-state index in [2.05, 4.69) is 36.4 Å². The third kappa shape index (κ3) is 4.37. The van der Waals surface area contributed by atoms with Gasteiger partial charge in [-0.1, -0.05) is 25.2 Å². The molecular weight excluding hydrogens is 232 g/mol. The molecule has 0 amide bonds. The quantitative estimate of drug-likeness (QED) is 0.716. The van der Waals surface area contributed by atoms with Crippen molar-refractivity contribution in [3.05, 3.63) is 23.8 Å². The van der Waals surface area contributed by atoms with Crippen LogP contribution in [0.25, 0.3) is 0 Å². The van der Waals surface area contributed by atoms with Crippen LogP contribution in [0.3, 0.4) is 0 Å². The highest BCUT2D eigenvalue weighted by molar-refractivity contribution is 7.80. The summed E-state index contributed by atoms with van der Waals surface area (Å²) in [5.41, 5.74) is 1.28. The summed E-state index contributed by atoms with van der Waals surface area (Å²) in [6.07, 6.45) is 9.85. The van der Waals surface area contributed by atoms with Crippen molar-refractivity contribution >= 4 is 11.2 Å². The first-order chi connectivity index (χ1) is 8.06. The maximum absolute atomic E-state index is 12.2. The lowest BCUT2D eigenvalue weighted by Crippen LogP contribution is -2.41. The molecule has 2 atom stereocenters. The van der Waals surface area contributed by atoms with Crippen molar-refractivity contribution in [3.8, 4) is 0 Å². The van der Waals surface area contributed by atoms with Crippen molar-refractivity contribution in [1.82, 2.24) is 8.61 Å². The fourth-order valence-electron chi connectivity index (χ4n) is 1.74. The van der Waals surface area contributed by atoms with E-state index in [1.165, 1.54) is 5.57 Å². The summed E-state index contributed by atoms with van der Waals surface area (Å²) >= 11 is -1.05. The molecule has 3 nitrogen and oxygen atoms in total. The normalized spacial score (nSPS) is 19.5. The van der Waals surface area contributed by atoms with Gasteiger partial charge in [-0.15, -0.1) is 0 Å². The number of allylic oxidation sites excluding steroid dienone is 2. The van der Waals surface area contributed by atoms with Crippen LogP contribution in [0, 0.1) is 0 Å². The van der Waals surface area contributed by atoms with Gasteiger partial charge in [0.2, 0.25) is 0 Å². The Morgan fingerprint density at radius 2 is 2.12 bits per heavy atom. The average molecular weight is 256 g/mol. The van der Waals surface area contributed by atoms with E-state index < -0.39 is 11.2 Å². The molecule has 1 rings (SSSR count). The predicted molar refractivity (Wildman–Crippen MR) is 74.7 cm³/mol. The lowest BCUT2D eigenvalue weighted by molar-refractivity contribution is 0.354. The molecule has 0 aromatic rings. The summed E-state index contributed by atoms with van der Waals surface area (Å²) in [5.74, 6) is 0. The van der Waals surface area contributed by atoms with Crippen LogP contribution in [0.1, 0.15) is 33.1 Å². The summed E-state index contributed by atoms with van der Waals surface area (Å²) in [4.78, 5) is 0. The van der Waals surface area contributed by atoms with Crippen molar-refractivity contribution in [2.45, 2.75) is 39.2 Å². The van der Waals surface area contributed by atoms with E-state index in [1.54, 1.807) is 4.31 Å². The van der Waals surface area contributed by atoms with Crippen molar-refractivity contribution in [3.63, 3.8) is 0 Å². The second-order valence-electron chi connectivity index (χ2n) is 4.63. The van der Waals surface area contributed by atoms with Gasteiger partial charge in [0.25, 0.3) is 0 Å². The molecule has 0 aromatic heterocycles. The maximum atomic E-state index is 12.2. The second kappa shape index (κ2) is 7.09. The smallest absolute Gasteiger partial charge is 0.172 e. The Hall–Kier alpha value is -0.450. The lowest BCUT2D eigenvalue weighted by atomic mass is 10.1. The van der Waals surface area contributed by atoms with Crippen LogP contribution in [-0.4, -0.2) is 39.5 Å². The zero-order chi connectivity index (χ0) is 12.8. The number of hydrogen-bond acceptors (Lipinski definition) is 1. The van der Waals surface area contributed by atoms with Crippen LogP contribution >= 0.6 is 0 Å². The van der Waals surface area contributed by atoms with Crippen molar-refractivity contribution in [1.29, 1.82) is 0 Å². The molecule has 0 saturated heterocycles. The molecular formula is C13H24N2OS. The lowest BCUT2D eigenvalue weighted by Gasteiger charge is -2.30. The van der Waals surface area contributed by atoms with E-state index in [4.69, 9.17) is 0 Å². The van der Waals surface area contributed by atoms with Gasteiger partial charge in [0.15, 0.2) is 11.2 Å². The largest absolute Gasteiger partial charge is 0.225 e. The van der Waals surface area contributed by atoms with Gasteiger partial charge in [-0.3, -0.25) is 0 Å². The molecule has 17 heavy (non-hydrogen) atoms. The Labute approximate surface area is 108 Å². The first kappa shape index (κ1) is 14.6. The fourth-order valence-corrected chi connectivity index (χ4v) is 2.88. The maximum Gasteiger partial charge on any atom is 0.172 e. The van der Waals surface area contributed by atoms with Crippen LogP contribution in [0.15, 0.2) is 23.8 Å². The molecule has 0 bridgehead atoms. The highest BCUT2D eigenvalue weighted by Crippen LogP contribution is 2.16. The number of rotatable bonds is 6. The van der Waals surface area contributed by atoms with Crippen molar-refractivity contribution in [2.24, 2.45) is 0 Å². The molecule has 4 heteroatoms. The Morgan fingerprint density at radius 1 is 1.41 bits per heavy atom. The van der Waals surface area contributed by atoms with E-state index in [0.717, 1.165) is 25.8 Å². The summed E-state index contributed by atoms with van der Waals surface area (Å²) in [5, 5.41) is 0. The molecule has 1 aliphatic carbocycles. The van der Waals surface area contributed by atoms with E-state index in [-0.39, 0.29) is 0 Å². The zero-order valence-corrected chi connectivity index (χ0v) is 12.2.